The molecule has 3 heterocycles. The van der Waals surface area contributed by atoms with Crippen molar-refractivity contribution in [1.29, 1.82) is 0 Å². The van der Waals surface area contributed by atoms with E-state index in [0.29, 0.717) is 13.2 Å². The molecule has 0 saturated carbocycles. The largest absolute Gasteiger partial charge is 0.466 e. The number of imidazole rings is 1. The number of hydrazine groups is 1. The topological polar surface area (TPSA) is 75.9 Å². The monoisotopic (exact) mass is 344 g/mol. The number of hydrogen-bond acceptors (Lipinski definition) is 5. The van der Waals surface area contributed by atoms with Crippen LogP contribution < -0.4 is 5.43 Å². The minimum Gasteiger partial charge on any atom is -0.466 e. The summed E-state index contributed by atoms with van der Waals surface area (Å²) in [5.74, 6) is -0.459. The zero-order valence-corrected chi connectivity index (χ0v) is 14.7. The SMILES string of the molecule is CCOC(=O)[C@H]1CCCN(NC(=O)Cc2cnc3c(C)cccn23)C1. The van der Waals surface area contributed by atoms with Crippen molar-refractivity contribution in [2.24, 2.45) is 5.92 Å². The van der Waals surface area contributed by atoms with E-state index in [-0.39, 0.29) is 24.2 Å². The molecule has 0 radical (unpaired) electrons. The highest BCUT2D eigenvalue weighted by Gasteiger charge is 2.27. The van der Waals surface area contributed by atoms with Crippen molar-refractivity contribution < 1.29 is 14.3 Å². The molecule has 2 aromatic rings. The summed E-state index contributed by atoms with van der Waals surface area (Å²) in [5.41, 5.74) is 5.69. The molecule has 1 aliphatic rings. The van der Waals surface area contributed by atoms with Crippen molar-refractivity contribution in [3.63, 3.8) is 0 Å². The van der Waals surface area contributed by atoms with Gasteiger partial charge in [-0.3, -0.25) is 15.0 Å². The fourth-order valence-corrected chi connectivity index (χ4v) is 3.24. The Hall–Kier alpha value is -2.41. The highest BCUT2D eigenvalue weighted by atomic mass is 16.5. The smallest absolute Gasteiger partial charge is 0.310 e. The molecule has 0 aliphatic carbocycles. The van der Waals surface area contributed by atoms with Crippen LogP contribution >= 0.6 is 0 Å². The van der Waals surface area contributed by atoms with Crippen molar-refractivity contribution in [3.05, 3.63) is 35.8 Å². The lowest BCUT2D eigenvalue weighted by molar-refractivity contribution is -0.151. The van der Waals surface area contributed by atoms with Crippen LogP contribution in [0.5, 0.6) is 0 Å². The summed E-state index contributed by atoms with van der Waals surface area (Å²) in [5, 5.41) is 1.82. The average molecular weight is 344 g/mol. The second kappa shape index (κ2) is 7.65. The molecule has 1 atom stereocenters. The Morgan fingerprint density at radius 1 is 1.44 bits per heavy atom. The zero-order valence-electron chi connectivity index (χ0n) is 14.7. The fraction of sp³-hybridized carbons (Fsp3) is 0.500. The van der Waals surface area contributed by atoms with E-state index in [9.17, 15) is 9.59 Å². The lowest BCUT2D eigenvalue weighted by atomic mass is 9.99. The van der Waals surface area contributed by atoms with Gasteiger partial charge in [0.15, 0.2) is 0 Å². The number of pyridine rings is 1. The zero-order chi connectivity index (χ0) is 17.8. The minimum atomic E-state index is -0.182. The summed E-state index contributed by atoms with van der Waals surface area (Å²) in [6.07, 6.45) is 5.55. The molecular formula is C18H24N4O3. The van der Waals surface area contributed by atoms with E-state index in [0.717, 1.165) is 36.3 Å². The van der Waals surface area contributed by atoms with Crippen molar-refractivity contribution in [2.45, 2.75) is 33.1 Å². The molecule has 7 heteroatoms. The molecule has 1 amide bonds. The lowest BCUT2D eigenvalue weighted by Gasteiger charge is -2.31. The minimum absolute atomic E-state index is 0.104. The number of esters is 1. The van der Waals surface area contributed by atoms with E-state index in [2.05, 4.69) is 10.4 Å². The number of aryl methyl sites for hydroxylation is 1. The first-order valence-electron chi connectivity index (χ1n) is 8.71. The van der Waals surface area contributed by atoms with Crippen LogP contribution in [-0.4, -0.2) is 46.0 Å². The van der Waals surface area contributed by atoms with Crippen LogP contribution in [0.2, 0.25) is 0 Å². The van der Waals surface area contributed by atoms with Gasteiger partial charge in [-0.15, -0.1) is 0 Å². The molecule has 0 unspecified atom stereocenters. The number of amides is 1. The molecule has 1 saturated heterocycles. The number of nitrogens with one attached hydrogen (secondary N) is 1. The predicted molar refractivity (Wildman–Crippen MR) is 92.7 cm³/mol. The Kier molecular flexibility index (Phi) is 5.33. The maximum atomic E-state index is 12.4. The number of piperidine rings is 1. The van der Waals surface area contributed by atoms with Crippen LogP contribution in [0.3, 0.4) is 0 Å². The standard InChI is InChI=1S/C18H24N4O3/c1-3-25-18(24)14-7-5-8-21(12-14)20-16(23)10-15-11-19-17-13(2)6-4-9-22(15)17/h4,6,9,11,14H,3,5,7-8,10,12H2,1-2H3,(H,20,23)/t14-/m0/s1. The van der Waals surface area contributed by atoms with Crippen LogP contribution in [-0.2, 0) is 20.7 Å². The van der Waals surface area contributed by atoms with Crippen molar-refractivity contribution in [2.75, 3.05) is 19.7 Å². The molecular weight excluding hydrogens is 320 g/mol. The Labute approximate surface area is 146 Å². The number of rotatable bonds is 5. The molecule has 2 aromatic heterocycles. The van der Waals surface area contributed by atoms with E-state index >= 15 is 0 Å². The van der Waals surface area contributed by atoms with Crippen LogP contribution in [0, 0.1) is 12.8 Å². The van der Waals surface area contributed by atoms with Gasteiger partial charge < -0.3 is 9.14 Å². The van der Waals surface area contributed by atoms with Gasteiger partial charge in [0.25, 0.3) is 0 Å². The summed E-state index contributed by atoms with van der Waals surface area (Å²) in [7, 11) is 0. The molecule has 25 heavy (non-hydrogen) atoms. The molecule has 3 rings (SSSR count). The van der Waals surface area contributed by atoms with Crippen molar-refractivity contribution in [1.82, 2.24) is 19.8 Å². The summed E-state index contributed by atoms with van der Waals surface area (Å²) in [6.45, 7) is 5.42. The lowest BCUT2D eigenvalue weighted by Crippen LogP contribution is -2.49. The first-order chi connectivity index (χ1) is 12.1. The average Bonchev–Trinajstić information content (AvgIpc) is 2.99. The van der Waals surface area contributed by atoms with Gasteiger partial charge >= 0.3 is 5.97 Å². The van der Waals surface area contributed by atoms with Gasteiger partial charge in [0.05, 0.1) is 24.6 Å². The van der Waals surface area contributed by atoms with Gasteiger partial charge in [-0.2, -0.15) is 0 Å². The Morgan fingerprint density at radius 2 is 2.28 bits per heavy atom. The highest BCUT2D eigenvalue weighted by molar-refractivity contribution is 5.78. The first kappa shape index (κ1) is 17.4. The maximum Gasteiger partial charge on any atom is 0.310 e. The van der Waals surface area contributed by atoms with Gasteiger partial charge in [-0.25, -0.2) is 9.99 Å². The third-order valence-electron chi connectivity index (χ3n) is 4.47. The van der Waals surface area contributed by atoms with E-state index in [1.807, 2.05) is 34.7 Å². The Bertz CT molecular complexity index is 771. The molecule has 1 fully saturated rings. The second-order valence-electron chi connectivity index (χ2n) is 6.38. The third-order valence-corrected chi connectivity index (χ3v) is 4.47. The quantitative estimate of drug-likeness (QED) is 0.832. The van der Waals surface area contributed by atoms with E-state index in [1.165, 1.54) is 0 Å². The molecule has 1 aliphatic heterocycles. The number of aromatic nitrogens is 2. The predicted octanol–water partition coefficient (Wildman–Crippen LogP) is 1.49. The highest BCUT2D eigenvalue weighted by Crippen LogP contribution is 2.17. The third kappa shape index (κ3) is 3.99. The van der Waals surface area contributed by atoms with E-state index < -0.39 is 0 Å². The molecule has 1 N–H and O–H groups in total. The number of carbonyl (C=O) groups excluding carboxylic acids is 2. The molecule has 0 spiro atoms. The summed E-state index contributed by atoms with van der Waals surface area (Å²) in [4.78, 5) is 28.7. The molecule has 7 nitrogen and oxygen atoms in total. The second-order valence-corrected chi connectivity index (χ2v) is 6.38. The summed E-state index contributed by atoms with van der Waals surface area (Å²) < 4.78 is 7.03. The molecule has 0 aromatic carbocycles. The maximum absolute atomic E-state index is 12.4. The van der Waals surface area contributed by atoms with Crippen LogP contribution in [0.4, 0.5) is 0 Å². The van der Waals surface area contributed by atoms with E-state index in [4.69, 9.17) is 4.74 Å². The van der Waals surface area contributed by atoms with Gasteiger partial charge in [0.2, 0.25) is 5.91 Å². The van der Waals surface area contributed by atoms with Gasteiger partial charge in [-0.1, -0.05) is 6.07 Å². The number of nitrogens with zero attached hydrogens (tertiary/aromatic N) is 3. The van der Waals surface area contributed by atoms with Crippen LogP contribution in [0.1, 0.15) is 31.0 Å². The van der Waals surface area contributed by atoms with Gasteiger partial charge in [0.1, 0.15) is 5.65 Å². The number of fused-ring (bicyclic) bond motifs is 1. The fourth-order valence-electron chi connectivity index (χ4n) is 3.24. The van der Waals surface area contributed by atoms with Gasteiger partial charge in [-0.05, 0) is 38.3 Å². The molecule has 0 bridgehead atoms. The van der Waals surface area contributed by atoms with E-state index in [1.54, 1.807) is 13.1 Å². The van der Waals surface area contributed by atoms with Gasteiger partial charge in [0, 0.05) is 25.5 Å². The van der Waals surface area contributed by atoms with Crippen LogP contribution in [0.25, 0.3) is 5.65 Å². The number of carbonyl (C=O) groups is 2. The molecule has 134 valence electrons. The Morgan fingerprint density at radius 3 is 3.08 bits per heavy atom. The van der Waals surface area contributed by atoms with Crippen molar-refractivity contribution in [3.8, 4) is 0 Å². The van der Waals surface area contributed by atoms with Crippen LogP contribution in [0.15, 0.2) is 24.5 Å². The first-order valence-corrected chi connectivity index (χ1v) is 8.71. The number of ether oxygens (including phenoxy) is 1. The van der Waals surface area contributed by atoms with Crippen molar-refractivity contribution >= 4 is 17.5 Å². The number of hydrogen-bond donors (Lipinski definition) is 1. The summed E-state index contributed by atoms with van der Waals surface area (Å²) in [6, 6.07) is 3.94. The summed E-state index contributed by atoms with van der Waals surface area (Å²) >= 11 is 0. The Balaban J connectivity index is 1.60. The normalized spacial score (nSPS) is 18.2.